The second-order valence-electron chi connectivity index (χ2n) is 6.62. The molecule has 3 nitrogen and oxygen atoms in total. The Balaban J connectivity index is 4.66. The second kappa shape index (κ2) is 5.97. The lowest BCUT2D eigenvalue weighted by Gasteiger charge is -2.37. The van der Waals surface area contributed by atoms with Gasteiger partial charge in [-0.2, -0.15) is 0 Å². The highest BCUT2D eigenvalue weighted by molar-refractivity contribution is 6.75. The molecule has 1 N–H and O–H groups in total. The van der Waals surface area contributed by atoms with Gasteiger partial charge < -0.3 is 9.55 Å². The van der Waals surface area contributed by atoms with Crippen molar-refractivity contribution in [2.75, 3.05) is 6.54 Å². The van der Waals surface area contributed by atoms with Crippen LogP contribution in [0.3, 0.4) is 0 Å². The lowest BCUT2D eigenvalue weighted by molar-refractivity contribution is -0.122. The minimum absolute atomic E-state index is 0.0633. The molecule has 0 heterocycles. The zero-order valence-electron chi connectivity index (χ0n) is 12.4. The first-order valence-electron chi connectivity index (χ1n) is 6.19. The Kier molecular flexibility index (Phi) is 5.83. The average Bonchev–Trinajstić information content (AvgIpc) is 2.08. The molecule has 5 heteroatoms. The van der Waals surface area contributed by atoms with Crippen LogP contribution in [0.15, 0.2) is 12.7 Å². The van der Waals surface area contributed by atoms with Gasteiger partial charge in [-0.25, -0.2) is 0 Å². The van der Waals surface area contributed by atoms with E-state index in [1.165, 1.54) is 6.08 Å². The fourth-order valence-electron chi connectivity index (χ4n) is 1.86. The molecule has 0 rings (SSSR count). The van der Waals surface area contributed by atoms with E-state index in [0.717, 1.165) is 6.54 Å². The third-order valence-electron chi connectivity index (χ3n) is 2.39. The summed E-state index contributed by atoms with van der Waals surface area (Å²) < 4.78 is 2.01. The van der Waals surface area contributed by atoms with Crippen LogP contribution < -0.4 is 4.98 Å². The highest BCUT2D eigenvalue weighted by Crippen LogP contribution is 2.11. The Bertz CT molecular complexity index is 279. The summed E-state index contributed by atoms with van der Waals surface area (Å²) >= 11 is 0. The van der Waals surface area contributed by atoms with E-state index in [4.69, 9.17) is 0 Å². The van der Waals surface area contributed by atoms with E-state index in [-0.39, 0.29) is 5.91 Å². The summed E-state index contributed by atoms with van der Waals surface area (Å²) in [5.74, 6) is 0.0633. The smallest absolute Gasteiger partial charge is 0.238 e. The van der Waals surface area contributed by atoms with Gasteiger partial charge in [0.05, 0.1) is 0 Å². The molecule has 1 unspecified atom stereocenters. The fourth-order valence-corrected chi connectivity index (χ4v) is 5.01. The topological polar surface area (TPSA) is 32.3 Å². The minimum Gasteiger partial charge on any atom is -0.365 e. The summed E-state index contributed by atoms with van der Waals surface area (Å²) in [6, 6.07) is 0.345. The zero-order valence-corrected chi connectivity index (χ0v) is 14.4. The lowest BCUT2D eigenvalue weighted by atomic mass is 10.3. The van der Waals surface area contributed by atoms with Gasteiger partial charge in [-0.3, -0.25) is 4.79 Å². The van der Waals surface area contributed by atoms with Gasteiger partial charge in [0.15, 0.2) is 8.24 Å². The number of hydrogen-bond donors (Lipinski definition) is 1. The molecule has 0 spiro atoms. The molecule has 0 bridgehead atoms. The van der Waals surface area contributed by atoms with Gasteiger partial charge in [0, 0.05) is 12.6 Å². The number of carbonyl (C=O) groups is 1. The fraction of sp³-hybridized carbons (Fsp3) is 0.750. The van der Waals surface area contributed by atoms with Crippen LogP contribution in [0.4, 0.5) is 0 Å². The number of hydrogen-bond acceptors (Lipinski definition) is 2. The van der Waals surface area contributed by atoms with Gasteiger partial charge in [0.2, 0.25) is 5.91 Å². The predicted octanol–water partition coefficient (Wildman–Crippen LogP) is 2.65. The third-order valence-corrected chi connectivity index (χ3v) is 5.77. The molecule has 0 fully saturated rings. The number of nitrogens with one attached hydrogen (secondary N) is 1. The van der Waals surface area contributed by atoms with E-state index < -0.39 is 16.5 Å². The molecule has 0 aromatic heterocycles. The Morgan fingerprint density at radius 2 is 1.76 bits per heavy atom. The van der Waals surface area contributed by atoms with Gasteiger partial charge in [0.1, 0.15) is 8.24 Å². The molecule has 1 amide bonds. The van der Waals surface area contributed by atoms with Crippen LogP contribution in [-0.2, 0) is 4.79 Å². The van der Waals surface area contributed by atoms with Crippen molar-refractivity contribution in [3.05, 3.63) is 12.7 Å². The summed E-state index contributed by atoms with van der Waals surface area (Å²) in [4.78, 5) is 15.5. The van der Waals surface area contributed by atoms with E-state index in [1.807, 2.05) is 4.57 Å². The minimum atomic E-state index is -1.62. The molecule has 0 aliphatic carbocycles. The highest BCUT2D eigenvalue weighted by atomic mass is 28.3. The molecular formula is C12H28N2OSi2. The van der Waals surface area contributed by atoms with Crippen molar-refractivity contribution < 1.29 is 4.79 Å². The third kappa shape index (κ3) is 6.80. The molecule has 0 saturated carbocycles. The average molecular weight is 273 g/mol. The van der Waals surface area contributed by atoms with E-state index in [9.17, 15) is 4.79 Å². The van der Waals surface area contributed by atoms with Crippen LogP contribution >= 0.6 is 0 Å². The molecule has 0 aliphatic rings. The molecule has 0 aromatic rings. The summed E-state index contributed by atoms with van der Waals surface area (Å²) in [5, 5.41) is 0. The quantitative estimate of drug-likeness (QED) is 0.595. The molecule has 0 radical (unpaired) electrons. The number of carbonyl (C=O) groups excluding carboxylic acids is 1. The van der Waals surface area contributed by atoms with E-state index in [2.05, 4.69) is 57.8 Å². The number of amides is 1. The predicted molar refractivity (Wildman–Crippen MR) is 81.2 cm³/mol. The van der Waals surface area contributed by atoms with Crippen LogP contribution in [0.25, 0.3) is 0 Å². The van der Waals surface area contributed by atoms with Crippen molar-refractivity contribution >= 4 is 22.4 Å². The van der Waals surface area contributed by atoms with E-state index >= 15 is 0 Å². The Morgan fingerprint density at radius 3 is 2.06 bits per heavy atom. The Morgan fingerprint density at radius 1 is 1.29 bits per heavy atom. The normalized spacial score (nSPS) is 14.3. The van der Waals surface area contributed by atoms with Crippen LogP contribution in [0, 0.1) is 0 Å². The van der Waals surface area contributed by atoms with Gasteiger partial charge >= 0.3 is 0 Å². The van der Waals surface area contributed by atoms with Gasteiger partial charge in [-0.1, -0.05) is 45.9 Å². The van der Waals surface area contributed by atoms with Gasteiger partial charge in [0.25, 0.3) is 0 Å². The molecule has 100 valence electrons. The molecular weight excluding hydrogens is 244 g/mol. The first-order valence-corrected chi connectivity index (χ1v) is 13.1. The van der Waals surface area contributed by atoms with Crippen molar-refractivity contribution in [2.24, 2.45) is 0 Å². The highest BCUT2D eigenvalue weighted by Gasteiger charge is 2.29. The SMILES string of the molecule is C=CC(=O)N(CC(C)N[Si](C)(C)C)[Si](C)(C)C. The zero-order chi connectivity index (χ0) is 13.9. The van der Waals surface area contributed by atoms with Crippen molar-refractivity contribution in [2.45, 2.75) is 52.2 Å². The molecule has 0 saturated heterocycles. The van der Waals surface area contributed by atoms with Gasteiger partial charge in [-0.15, -0.1) is 0 Å². The maximum Gasteiger partial charge on any atom is 0.238 e. The van der Waals surface area contributed by atoms with Crippen molar-refractivity contribution in [3.63, 3.8) is 0 Å². The Labute approximate surface area is 108 Å². The first kappa shape index (κ1) is 16.6. The van der Waals surface area contributed by atoms with Crippen molar-refractivity contribution in [1.82, 2.24) is 9.55 Å². The second-order valence-corrected chi connectivity index (χ2v) is 16.3. The van der Waals surface area contributed by atoms with Crippen molar-refractivity contribution in [3.8, 4) is 0 Å². The molecule has 0 aromatic carbocycles. The van der Waals surface area contributed by atoms with Crippen LogP contribution in [0.2, 0.25) is 39.3 Å². The summed E-state index contributed by atoms with van der Waals surface area (Å²) in [5.41, 5.74) is 0. The molecule has 17 heavy (non-hydrogen) atoms. The van der Waals surface area contributed by atoms with Crippen molar-refractivity contribution in [1.29, 1.82) is 0 Å². The number of nitrogens with zero attached hydrogens (tertiary/aromatic N) is 1. The number of rotatable bonds is 6. The van der Waals surface area contributed by atoms with Crippen LogP contribution in [0.1, 0.15) is 6.92 Å². The standard InChI is InChI=1S/C12H28N2OSi2/c1-9-12(15)14(17(6,7)8)10-11(2)13-16(3,4)5/h9,11,13H,1,10H2,2-8H3. The van der Waals surface area contributed by atoms with Crippen LogP contribution in [-0.4, -0.2) is 39.5 Å². The van der Waals surface area contributed by atoms with E-state index in [1.54, 1.807) is 0 Å². The van der Waals surface area contributed by atoms with Gasteiger partial charge in [-0.05, 0) is 13.0 Å². The summed E-state index contributed by atoms with van der Waals surface area (Å²) in [6.45, 7) is 19.9. The molecule has 1 atom stereocenters. The van der Waals surface area contributed by atoms with Crippen LogP contribution in [0.5, 0.6) is 0 Å². The summed E-state index contributed by atoms with van der Waals surface area (Å²) in [6.07, 6.45) is 1.43. The lowest BCUT2D eigenvalue weighted by Crippen LogP contribution is -2.57. The maximum atomic E-state index is 11.9. The summed E-state index contributed by atoms with van der Waals surface area (Å²) in [7, 11) is -2.91. The first-order chi connectivity index (χ1) is 7.47. The van der Waals surface area contributed by atoms with E-state index in [0.29, 0.717) is 6.04 Å². The largest absolute Gasteiger partial charge is 0.365 e. The Hall–Kier alpha value is -0.396. The molecule has 0 aliphatic heterocycles. The monoisotopic (exact) mass is 272 g/mol. The maximum absolute atomic E-state index is 11.9.